The average molecular weight is 332 g/mol. The largest absolute Gasteiger partial charge is 0.492 e. The minimum atomic E-state index is 0.00756. The van der Waals surface area contributed by atoms with Gasteiger partial charge in [-0.2, -0.15) is 0 Å². The Bertz CT molecular complexity index is 580. The number of benzene rings is 1. The van der Waals surface area contributed by atoms with Crippen LogP contribution in [-0.4, -0.2) is 25.0 Å². The van der Waals surface area contributed by atoms with E-state index in [0.29, 0.717) is 36.1 Å². The summed E-state index contributed by atoms with van der Waals surface area (Å²) in [5.74, 6) is 1.30. The Hall–Kier alpha value is -2.24. The van der Waals surface area contributed by atoms with Crippen LogP contribution in [0.25, 0.3) is 0 Å². The maximum absolute atomic E-state index is 12.1. The number of anilines is 2. The van der Waals surface area contributed by atoms with Gasteiger partial charge in [0.05, 0.1) is 24.6 Å². The van der Waals surface area contributed by atoms with Crippen LogP contribution in [0.4, 0.5) is 11.4 Å². The summed E-state index contributed by atoms with van der Waals surface area (Å²) >= 11 is 0. The zero-order valence-electron chi connectivity index (χ0n) is 14.2. The summed E-state index contributed by atoms with van der Waals surface area (Å²) in [6, 6.07) is 3.47. The molecule has 0 heterocycles. The summed E-state index contributed by atoms with van der Waals surface area (Å²) in [4.78, 5) is 24.2. The van der Waals surface area contributed by atoms with E-state index in [1.54, 1.807) is 12.1 Å². The maximum Gasteiger partial charge on any atom is 0.227 e. The van der Waals surface area contributed by atoms with Crippen LogP contribution in [0.5, 0.6) is 11.5 Å². The molecular weight excluding hydrogens is 308 g/mol. The molecule has 0 aliphatic heterocycles. The monoisotopic (exact) mass is 332 g/mol. The number of hydrogen-bond donors (Lipinski definition) is 2. The highest BCUT2D eigenvalue weighted by atomic mass is 16.5. The van der Waals surface area contributed by atoms with Gasteiger partial charge in [0.2, 0.25) is 11.8 Å². The predicted octanol–water partition coefficient (Wildman–Crippen LogP) is 3.18. The average Bonchev–Trinajstić information content (AvgIpc) is 3.42. The molecule has 130 valence electrons. The van der Waals surface area contributed by atoms with Crippen molar-refractivity contribution in [2.24, 2.45) is 11.8 Å². The van der Waals surface area contributed by atoms with Gasteiger partial charge in [0.25, 0.3) is 0 Å². The fourth-order valence-electron chi connectivity index (χ4n) is 2.47. The molecule has 24 heavy (non-hydrogen) atoms. The van der Waals surface area contributed by atoms with Crippen molar-refractivity contribution in [3.8, 4) is 11.5 Å². The second kappa shape index (κ2) is 7.11. The molecule has 0 spiro atoms. The van der Waals surface area contributed by atoms with Crippen LogP contribution >= 0.6 is 0 Å². The first-order chi connectivity index (χ1) is 11.6. The first-order valence-corrected chi connectivity index (χ1v) is 8.67. The first-order valence-electron chi connectivity index (χ1n) is 8.67. The molecule has 1 aromatic rings. The predicted molar refractivity (Wildman–Crippen MR) is 91.5 cm³/mol. The summed E-state index contributed by atoms with van der Waals surface area (Å²) in [5.41, 5.74) is 1.17. The topological polar surface area (TPSA) is 76.7 Å². The summed E-state index contributed by atoms with van der Waals surface area (Å²) < 4.78 is 11.3. The van der Waals surface area contributed by atoms with Crippen molar-refractivity contribution in [3.63, 3.8) is 0 Å². The third-order valence-corrected chi connectivity index (χ3v) is 4.09. The third-order valence-electron chi connectivity index (χ3n) is 4.09. The van der Waals surface area contributed by atoms with E-state index in [1.165, 1.54) is 0 Å². The van der Waals surface area contributed by atoms with Gasteiger partial charge in [-0.1, -0.05) is 0 Å². The number of carbonyl (C=O) groups is 2. The Morgan fingerprint density at radius 3 is 1.54 bits per heavy atom. The Kier molecular flexibility index (Phi) is 4.92. The zero-order valence-corrected chi connectivity index (χ0v) is 14.2. The molecule has 0 atom stereocenters. The van der Waals surface area contributed by atoms with Crippen molar-refractivity contribution in [1.82, 2.24) is 0 Å². The first kappa shape index (κ1) is 16.6. The summed E-state index contributed by atoms with van der Waals surface area (Å²) in [5, 5.41) is 5.83. The second-order valence-electron chi connectivity index (χ2n) is 6.24. The number of ether oxygens (including phenoxy) is 2. The van der Waals surface area contributed by atoms with E-state index < -0.39 is 0 Å². The highest BCUT2D eigenvalue weighted by molar-refractivity contribution is 5.99. The van der Waals surface area contributed by atoms with Gasteiger partial charge in [-0.05, 0) is 39.5 Å². The van der Waals surface area contributed by atoms with E-state index in [2.05, 4.69) is 10.6 Å². The summed E-state index contributed by atoms with van der Waals surface area (Å²) in [6.45, 7) is 4.70. The summed E-state index contributed by atoms with van der Waals surface area (Å²) in [6.07, 6.45) is 3.74. The molecule has 2 N–H and O–H groups in total. The Labute approximate surface area is 141 Å². The van der Waals surface area contributed by atoms with Crippen LogP contribution in [0, 0.1) is 11.8 Å². The molecule has 0 aromatic heterocycles. The molecule has 1 aromatic carbocycles. The SMILES string of the molecule is CCOc1cc(NC(=O)C2CC2)c(OCC)cc1NC(=O)C1CC1. The number of nitrogens with one attached hydrogen (secondary N) is 2. The number of amides is 2. The maximum atomic E-state index is 12.1. The molecule has 3 rings (SSSR count). The van der Waals surface area contributed by atoms with Crippen molar-refractivity contribution in [1.29, 1.82) is 0 Å². The normalized spacial score (nSPS) is 16.4. The van der Waals surface area contributed by atoms with Crippen LogP contribution in [-0.2, 0) is 9.59 Å². The molecule has 0 saturated heterocycles. The molecule has 0 radical (unpaired) electrons. The molecule has 2 aliphatic rings. The van der Waals surface area contributed by atoms with Crippen molar-refractivity contribution in [2.75, 3.05) is 23.8 Å². The quantitative estimate of drug-likeness (QED) is 0.766. The highest BCUT2D eigenvalue weighted by Crippen LogP contribution is 2.40. The number of rotatable bonds is 8. The van der Waals surface area contributed by atoms with Gasteiger partial charge in [-0.25, -0.2) is 0 Å². The molecule has 6 nitrogen and oxygen atoms in total. The minimum Gasteiger partial charge on any atom is -0.492 e. The van der Waals surface area contributed by atoms with Crippen LogP contribution in [0.2, 0.25) is 0 Å². The van der Waals surface area contributed by atoms with Gasteiger partial charge in [-0.15, -0.1) is 0 Å². The van der Waals surface area contributed by atoms with Gasteiger partial charge >= 0.3 is 0 Å². The Morgan fingerprint density at radius 1 is 0.875 bits per heavy atom. The number of carbonyl (C=O) groups excluding carboxylic acids is 2. The number of hydrogen-bond acceptors (Lipinski definition) is 4. The van der Waals surface area contributed by atoms with Crippen molar-refractivity contribution in [3.05, 3.63) is 12.1 Å². The van der Waals surface area contributed by atoms with Crippen LogP contribution in [0.1, 0.15) is 39.5 Å². The van der Waals surface area contributed by atoms with E-state index in [1.807, 2.05) is 13.8 Å². The fourth-order valence-corrected chi connectivity index (χ4v) is 2.47. The lowest BCUT2D eigenvalue weighted by atomic mass is 10.2. The highest BCUT2D eigenvalue weighted by Gasteiger charge is 2.32. The van der Waals surface area contributed by atoms with Crippen LogP contribution in [0.3, 0.4) is 0 Å². The van der Waals surface area contributed by atoms with E-state index in [-0.39, 0.29) is 23.7 Å². The lowest BCUT2D eigenvalue weighted by Gasteiger charge is -2.17. The lowest BCUT2D eigenvalue weighted by Crippen LogP contribution is -2.17. The van der Waals surface area contributed by atoms with Crippen molar-refractivity contribution in [2.45, 2.75) is 39.5 Å². The van der Waals surface area contributed by atoms with E-state index >= 15 is 0 Å². The van der Waals surface area contributed by atoms with Gasteiger partial charge in [0.1, 0.15) is 11.5 Å². The Morgan fingerprint density at radius 2 is 1.25 bits per heavy atom. The fraction of sp³-hybridized carbons (Fsp3) is 0.556. The lowest BCUT2D eigenvalue weighted by molar-refractivity contribution is -0.118. The van der Waals surface area contributed by atoms with Crippen molar-refractivity contribution >= 4 is 23.2 Å². The molecule has 0 bridgehead atoms. The van der Waals surface area contributed by atoms with E-state index in [0.717, 1.165) is 25.7 Å². The second-order valence-corrected chi connectivity index (χ2v) is 6.24. The summed E-state index contributed by atoms with van der Waals surface area (Å²) in [7, 11) is 0. The van der Waals surface area contributed by atoms with Gasteiger partial charge < -0.3 is 20.1 Å². The third kappa shape index (κ3) is 3.99. The zero-order chi connectivity index (χ0) is 17.1. The molecule has 2 aliphatic carbocycles. The van der Waals surface area contributed by atoms with E-state index in [9.17, 15) is 9.59 Å². The molecular formula is C18H24N2O4. The molecule has 2 saturated carbocycles. The standard InChI is InChI=1S/C18H24N2O4/c1-3-23-15-9-14(20-18(22)12-7-8-12)16(24-4-2)10-13(15)19-17(21)11-5-6-11/h9-12H,3-8H2,1-2H3,(H,19,21)(H,20,22). The minimum absolute atomic E-state index is 0.00756. The molecule has 2 fully saturated rings. The van der Waals surface area contributed by atoms with Crippen LogP contribution in [0.15, 0.2) is 12.1 Å². The molecule has 6 heteroatoms. The van der Waals surface area contributed by atoms with Gasteiger partial charge in [0, 0.05) is 24.0 Å². The van der Waals surface area contributed by atoms with Crippen LogP contribution < -0.4 is 20.1 Å². The smallest absolute Gasteiger partial charge is 0.227 e. The Balaban J connectivity index is 1.86. The molecule has 0 unspecified atom stereocenters. The van der Waals surface area contributed by atoms with Gasteiger partial charge in [0.15, 0.2) is 0 Å². The van der Waals surface area contributed by atoms with Gasteiger partial charge in [-0.3, -0.25) is 9.59 Å². The molecule has 2 amide bonds. The van der Waals surface area contributed by atoms with Crippen molar-refractivity contribution < 1.29 is 19.1 Å². The van der Waals surface area contributed by atoms with E-state index in [4.69, 9.17) is 9.47 Å².